The lowest BCUT2D eigenvalue weighted by atomic mass is 9.99. The van der Waals surface area contributed by atoms with Crippen molar-refractivity contribution in [2.75, 3.05) is 13.2 Å². The highest BCUT2D eigenvalue weighted by Gasteiger charge is 2.47. The van der Waals surface area contributed by atoms with Gasteiger partial charge in [-0.25, -0.2) is 0 Å². The molecule has 0 spiro atoms. The number of amides is 1. The second kappa shape index (κ2) is 63.0. The zero-order valence-corrected chi connectivity index (χ0v) is 56.1. The van der Waals surface area contributed by atoms with Gasteiger partial charge in [0.05, 0.1) is 25.4 Å². The van der Waals surface area contributed by atoms with Gasteiger partial charge in [-0.3, -0.25) is 9.59 Å². The third-order valence-electron chi connectivity index (χ3n) is 16.8. The van der Waals surface area contributed by atoms with E-state index in [-0.39, 0.29) is 19.4 Å². The van der Waals surface area contributed by atoms with Crippen molar-refractivity contribution < 1.29 is 49.3 Å². The molecular weight excluding hydrogens is 1090 g/mol. The lowest BCUT2D eigenvalue weighted by molar-refractivity contribution is -0.305. The molecule has 1 amide bonds. The number of esters is 1. The molecule has 87 heavy (non-hydrogen) atoms. The zero-order chi connectivity index (χ0) is 63.1. The summed E-state index contributed by atoms with van der Waals surface area (Å²) in [4.78, 5) is 26.7. The van der Waals surface area contributed by atoms with E-state index in [1.807, 2.05) is 6.08 Å². The molecule has 1 aliphatic rings. The van der Waals surface area contributed by atoms with E-state index in [0.29, 0.717) is 12.8 Å². The summed E-state index contributed by atoms with van der Waals surface area (Å²) < 4.78 is 17.7. The molecule has 8 unspecified atom stereocenters. The number of carbonyl (C=O) groups is 2. The largest absolute Gasteiger partial charge is 0.454 e. The summed E-state index contributed by atoms with van der Waals surface area (Å²) in [5.41, 5.74) is 0. The number of rotatable bonds is 62. The zero-order valence-electron chi connectivity index (χ0n) is 56.1. The Hall–Kier alpha value is -3.16. The number of allylic oxidation sites excluding steroid dienone is 13. The molecule has 0 aromatic rings. The molecule has 6 N–H and O–H groups in total. The number of carbonyl (C=O) groups excluding carboxylic acids is 2. The van der Waals surface area contributed by atoms with E-state index < -0.39 is 67.4 Å². The summed E-state index contributed by atoms with van der Waals surface area (Å²) in [5.74, 6) is -1.21. The van der Waals surface area contributed by atoms with Gasteiger partial charge in [-0.15, -0.1) is 0 Å². The first-order chi connectivity index (χ1) is 42.7. The van der Waals surface area contributed by atoms with Crippen LogP contribution in [0.4, 0.5) is 0 Å². The molecule has 1 heterocycles. The highest BCUT2D eigenvalue weighted by atomic mass is 16.7. The van der Waals surface area contributed by atoms with E-state index in [1.54, 1.807) is 6.08 Å². The molecule has 1 rings (SSSR count). The van der Waals surface area contributed by atoms with E-state index in [1.165, 1.54) is 180 Å². The van der Waals surface area contributed by atoms with Gasteiger partial charge >= 0.3 is 5.97 Å². The predicted molar refractivity (Wildman–Crippen MR) is 366 cm³/mol. The van der Waals surface area contributed by atoms with Gasteiger partial charge in [0, 0.05) is 6.42 Å². The van der Waals surface area contributed by atoms with Gasteiger partial charge in [0.1, 0.15) is 24.4 Å². The Labute approximate surface area is 533 Å². The van der Waals surface area contributed by atoms with Crippen molar-refractivity contribution in [3.8, 4) is 0 Å². The fraction of sp³-hybridized carbons (Fsp3) is 0.789. The van der Waals surface area contributed by atoms with Gasteiger partial charge in [-0.05, 0) is 77.0 Å². The molecule has 8 atom stereocenters. The van der Waals surface area contributed by atoms with Crippen LogP contribution in [0.5, 0.6) is 0 Å². The van der Waals surface area contributed by atoms with Gasteiger partial charge in [-0.2, -0.15) is 0 Å². The summed E-state index contributed by atoms with van der Waals surface area (Å²) in [6.07, 6.45) is 73.4. The van der Waals surface area contributed by atoms with Crippen molar-refractivity contribution in [3.05, 3.63) is 85.1 Å². The Balaban J connectivity index is 2.61. The van der Waals surface area contributed by atoms with Crippen molar-refractivity contribution in [3.63, 3.8) is 0 Å². The first-order valence-corrected chi connectivity index (χ1v) is 36.4. The molecule has 1 fully saturated rings. The third kappa shape index (κ3) is 50.2. The minimum Gasteiger partial charge on any atom is -0.454 e. The molecule has 0 aromatic heterocycles. The SMILES string of the molecule is CC/C=C\C/C=C\C/C=C\C/C=C\C/C=C\C/C=C\CCCCCC(O)C(=O)NC(COC1OC(CO)C(O)C(O)C1OC(=O)CCCCCCCCCCCCCCCCCCCCCCCCC)C(O)/C=C/CCCCCCCCCCCCC. The van der Waals surface area contributed by atoms with Crippen LogP contribution in [0.15, 0.2) is 85.1 Å². The number of ether oxygens (including phenoxy) is 3. The standard InChI is InChI=1S/C76H135NO10/c1-4-7-10-13-16-19-22-25-27-29-31-33-35-37-39-41-43-46-49-52-55-58-61-64-71(81)87-74-73(83)72(82)70(65-78)86-76(74)85-66-67(68(79)62-59-56-53-50-47-44-24-21-18-15-12-9-6-3)77-75(84)69(80)63-60-57-54-51-48-45-42-40-38-36-34-32-30-28-26-23-20-17-14-11-8-5-2/h8,11,17,20,26,28,32,34,38,40,45,48,59,62,67-70,72-74,76,78-80,82-83H,4-7,9-10,12-16,18-19,21-25,27,29-31,33,35-37,39,41-44,46-47,49-58,60-61,63-66H2,1-3H3,(H,77,84)/b11-8-,20-17-,28-26-,34-32-,40-38-,48-45-,62-59+. The third-order valence-corrected chi connectivity index (χ3v) is 16.8. The quantitative estimate of drug-likeness (QED) is 0.0195. The number of nitrogens with one attached hydrogen (secondary N) is 1. The second-order valence-electron chi connectivity index (χ2n) is 24.9. The Bertz CT molecular complexity index is 1740. The summed E-state index contributed by atoms with van der Waals surface area (Å²) >= 11 is 0. The maximum Gasteiger partial charge on any atom is 0.306 e. The minimum atomic E-state index is -1.62. The number of unbranched alkanes of at least 4 members (excludes halogenated alkanes) is 36. The maximum absolute atomic E-state index is 13.5. The monoisotopic (exact) mass is 1220 g/mol. The van der Waals surface area contributed by atoms with E-state index in [2.05, 4.69) is 99.0 Å². The van der Waals surface area contributed by atoms with Crippen molar-refractivity contribution >= 4 is 11.9 Å². The van der Waals surface area contributed by atoms with Crippen LogP contribution in [-0.2, 0) is 23.8 Å². The number of hydrogen-bond acceptors (Lipinski definition) is 10. The summed E-state index contributed by atoms with van der Waals surface area (Å²) in [6.45, 7) is 5.70. The van der Waals surface area contributed by atoms with Gasteiger partial charge in [0.2, 0.25) is 5.91 Å². The average Bonchev–Trinajstić information content (AvgIpc) is 2.25. The van der Waals surface area contributed by atoms with E-state index in [9.17, 15) is 35.1 Å². The summed E-state index contributed by atoms with van der Waals surface area (Å²) in [7, 11) is 0. The highest BCUT2D eigenvalue weighted by molar-refractivity contribution is 5.80. The van der Waals surface area contributed by atoms with Crippen LogP contribution in [0, 0.1) is 0 Å². The fourth-order valence-electron chi connectivity index (χ4n) is 11.1. The van der Waals surface area contributed by atoms with Crippen LogP contribution in [-0.4, -0.2) is 99.6 Å². The molecular formula is C76H135NO10. The molecule has 11 heteroatoms. The maximum atomic E-state index is 13.5. The lowest BCUT2D eigenvalue weighted by Crippen LogP contribution is -2.61. The molecule has 1 aliphatic heterocycles. The van der Waals surface area contributed by atoms with Gasteiger partial charge in [0.15, 0.2) is 12.4 Å². The molecule has 0 radical (unpaired) electrons. The van der Waals surface area contributed by atoms with Crippen LogP contribution in [0.25, 0.3) is 0 Å². The second-order valence-corrected chi connectivity index (χ2v) is 24.9. The Morgan fingerprint density at radius 2 is 0.828 bits per heavy atom. The fourth-order valence-corrected chi connectivity index (χ4v) is 11.1. The normalized spacial score (nSPS) is 18.7. The van der Waals surface area contributed by atoms with E-state index in [0.717, 1.165) is 96.3 Å². The Morgan fingerprint density at radius 3 is 1.24 bits per heavy atom. The number of hydrogen-bond donors (Lipinski definition) is 6. The highest BCUT2D eigenvalue weighted by Crippen LogP contribution is 2.26. The van der Waals surface area contributed by atoms with Crippen molar-refractivity contribution in [2.24, 2.45) is 0 Å². The predicted octanol–water partition coefficient (Wildman–Crippen LogP) is 18.8. The molecule has 0 aliphatic carbocycles. The van der Waals surface area contributed by atoms with Crippen molar-refractivity contribution in [1.29, 1.82) is 0 Å². The van der Waals surface area contributed by atoms with Crippen LogP contribution < -0.4 is 5.32 Å². The molecule has 0 bridgehead atoms. The molecule has 504 valence electrons. The van der Waals surface area contributed by atoms with Crippen molar-refractivity contribution in [1.82, 2.24) is 5.32 Å². The Morgan fingerprint density at radius 1 is 0.460 bits per heavy atom. The molecule has 0 saturated carbocycles. The minimum absolute atomic E-state index is 0.121. The van der Waals surface area contributed by atoms with Gasteiger partial charge in [0.25, 0.3) is 0 Å². The summed E-state index contributed by atoms with van der Waals surface area (Å²) in [6, 6.07) is -1.04. The van der Waals surface area contributed by atoms with E-state index >= 15 is 0 Å². The number of aliphatic hydroxyl groups excluding tert-OH is 5. The van der Waals surface area contributed by atoms with Gasteiger partial charge < -0.3 is 45.1 Å². The van der Waals surface area contributed by atoms with Gasteiger partial charge in [-0.1, -0.05) is 324 Å². The van der Waals surface area contributed by atoms with Crippen LogP contribution in [0.3, 0.4) is 0 Å². The smallest absolute Gasteiger partial charge is 0.306 e. The molecule has 11 nitrogen and oxygen atoms in total. The Kier molecular flexibility index (Phi) is 59.3. The molecule has 0 aromatic carbocycles. The van der Waals surface area contributed by atoms with Crippen LogP contribution >= 0.6 is 0 Å². The molecule has 1 saturated heterocycles. The topological polar surface area (TPSA) is 175 Å². The van der Waals surface area contributed by atoms with E-state index in [4.69, 9.17) is 14.2 Å². The van der Waals surface area contributed by atoms with Crippen LogP contribution in [0.2, 0.25) is 0 Å². The lowest BCUT2D eigenvalue weighted by Gasteiger charge is -2.41. The first kappa shape index (κ1) is 81.9. The summed E-state index contributed by atoms with van der Waals surface area (Å²) in [5, 5.41) is 57.3. The average molecular weight is 1220 g/mol. The number of aliphatic hydroxyl groups is 5. The van der Waals surface area contributed by atoms with Crippen molar-refractivity contribution in [2.45, 2.75) is 372 Å². The first-order valence-electron chi connectivity index (χ1n) is 36.4. The van der Waals surface area contributed by atoms with Crippen LogP contribution in [0.1, 0.15) is 323 Å².